The predicted octanol–water partition coefficient (Wildman–Crippen LogP) is 3.66. The normalized spacial score (nSPS) is 10.5. The molecule has 0 fully saturated rings. The van der Waals surface area contributed by atoms with Gasteiger partial charge >= 0.3 is 0 Å². The van der Waals surface area contributed by atoms with Crippen LogP contribution in [0, 0.1) is 13.8 Å². The van der Waals surface area contributed by atoms with Crippen LogP contribution in [-0.4, -0.2) is 22.9 Å². The van der Waals surface area contributed by atoms with Crippen molar-refractivity contribution in [2.45, 2.75) is 26.9 Å². The van der Waals surface area contributed by atoms with Gasteiger partial charge < -0.3 is 10.2 Å². The Morgan fingerprint density at radius 2 is 1.70 bits per heavy atom. The van der Waals surface area contributed by atoms with E-state index in [1.165, 1.54) is 5.56 Å². The molecule has 2 aromatic carbocycles. The molecule has 0 bridgehead atoms. The van der Waals surface area contributed by atoms with Gasteiger partial charge in [-0.25, -0.2) is 9.97 Å². The number of carbonyl (C=O) groups is 1. The van der Waals surface area contributed by atoms with Gasteiger partial charge in [0, 0.05) is 26.2 Å². The lowest BCUT2D eigenvalue weighted by Crippen LogP contribution is -2.26. The van der Waals surface area contributed by atoms with E-state index in [1.807, 2.05) is 61.3 Å². The monoisotopic (exact) mass is 360 g/mol. The predicted molar refractivity (Wildman–Crippen MR) is 108 cm³/mol. The van der Waals surface area contributed by atoms with Gasteiger partial charge in [-0.3, -0.25) is 4.79 Å². The van der Waals surface area contributed by atoms with E-state index in [4.69, 9.17) is 0 Å². The number of rotatable bonds is 6. The van der Waals surface area contributed by atoms with E-state index in [0.717, 1.165) is 16.9 Å². The van der Waals surface area contributed by atoms with Crippen LogP contribution in [0.5, 0.6) is 0 Å². The van der Waals surface area contributed by atoms with Gasteiger partial charge in [-0.1, -0.05) is 54.6 Å². The van der Waals surface area contributed by atoms with Crippen LogP contribution in [0.25, 0.3) is 0 Å². The van der Waals surface area contributed by atoms with Gasteiger partial charge in [-0.05, 0) is 30.5 Å². The highest BCUT2D eigenvalue weighted by Gasteiger charge is 2.13. The number of carbonyl (C=O) groups excluding carboxylic acids is 1. The third-order valence-electron chi connectivity index (χ3n) is 4.41. The first-order valence-corrected chi connectivity index (χ1v) is 8.96. The zero-order valence-corrected chi connectivity index (χ0v) is 15.9. The molecule has 0 radical (unpaired) electrons. The molecule has 1 aromatic heterocycles. The Morgan fingerprint density at radius 1 is 1.00 bits per heavy atom. The molecule has 5 heteroatoms. The molecule has 0 spiro atoms. The minimum atomic E-state index is -0.196. The third kappa shape index (κ3) is 4.91. The first kappa shape index (κ1) is 18.6. The molecule has 138 valence electrons. The van der Waals surface area contributed by atoms with Crippen molar-refractivity contribution in [2.24, 2.45) is 0 Å². The Balaban J connectivity index is 1.72. The van der Waals surface area contributed by atoms with Crippen molar-refractivity contribution in [3.8, 4) is 0 Å². The van der Waals surface area contributed by atoms with Gasteiger partial charge in [0.15, 0.2) is 0 Å². The highest BCUT2D eigenvalue weighted by atomic mass is 16.1. The molecule has 1 N–H and O–H groups in total. The van der Waals surface area contributed by atoms with Gasteiger partial charge in [0.1, 0.15) is 17.3 Å². The van der Waals surface area contributed by atoms with E-state index < -0.39 is 0 Å². The highest BCUT2D eigenvalue weighted by molar-refractivity contribution is 5.92. The molecule has 0 saturated heterocycles. The Labute approximate surface area is 160 Å². The topological polar surface area (TPSA) is 58.1 Å². The van der Waals surface area contributed by atoms with Gasteiger partial charge in [-0.2, -0.15) is 0 Å². The molecular formula is C22H24N4O. The van der Waals surface area contributed by atoms with Crippen molar-refractivity contribution in [1.29, 1.82) is 0 Å². The largest absolute Gasteiger partial charge is 0.355 e. The van der Waals surface area contributed by atoms with Gasteiger partial charge in [0.25, 0.3) is 5.91 Å². The van der Waals surface area contributed by atoms with Crippen molar-refractivity contribution in [2.75, 3.05) is 11.9 Å². The minimum Gasteiger partial charge on any atom is -0.355 e. The Kier molecular flexibility index (Phi) is 5.81. The molecule has 1 heterocycles. The van der Waals surface area contributed by atoms with Crippen LogP contribution < -0.4 is 10.2 Å². The number of aromatic nitrogens is 2. The number of hydrogen-bond acceptors (Lipinski definition) is 4. The number of nitrogens with one attached hydrogen (secondary N) is 1. The first-order valence-electron chi connectivity index (χ1n) is 8.96. The van der Waals surface area contributed by atoms with Crippen molar-refractivity contribution in [1.82, 2.24) is 15.3 Å². The van der Waals surface area contributed by atoms with Crippen molar-refractivity contribution in [3.63, 3.8) is 0 Å². The lowest BCUT2D eigenvalue weighted by Gasteiger charge is -2.19. The fraction of sp³-hybridized carbons (Fsp3) is 0.227. The van der Waals surface area contributed by atoms with Crippen LogP contribution in [0.2, 0.25) is 0 Å². The molecule has 27 heavy (non-hydrogen) atoms. The zero-order valence-electron chi connectivity index (χ0n) is 15.9. The molecule has 0 atom stereocenters. The summed E-state index contributed by atoms with van der Waals surface area (Å²) in [5.41, 5.74) is 3.81. The standard InChI is InChI=1S/C22H24N4O/c1-16-9-7-8-12-19(16)14-23-22(27)20-13-21(25-17(2)24-20)26(3)15-18-10-5-4-6-11-18/h4-13H,14-15H2,1-3H3,(H,23,27). The SMILES string of the molecule is Cc1nc(C(=O)NCc2ccccc2C)cc(N(C)Cc2ccccc2)n1. The maximum absolute atomic E-state index is 12.6. The van der Waals surface area contributed by atoms with E-state index in [9.17, 15) is 4.79 Å². The van der Waals surface area contributed by atoms with Crippen LogP contribution in [0.15, 0.2) is 60.7 Å². The Hall–Kier alpha value is -3.21. The van der Waals surface area contributed by atoms with Crippen molar-refractivity contribution in [3.05, 3.63) is 88.9 Å². The summed E-state index contributed by atoms with van der Waals surface area (Å²) in [6.07, 6.45) is 0. The average Bonchev–Trinajstić information content (AvgIpc) is 2.67. The van der Waals surface area contributed by atoms with E-state index in [-0.39, 0.29) is 5.91 Å². The summed E-state index contributed by atoms with van der Waals surface area (Å²) in [6, 6.07) is 19.9. The number of hydrogen-bond donors (Lipinski definition) is 1. The maximum Gasteiger partial charge on any atom is 0.270 e. The summed E-state index contributed by atoms with van der Waals surface area (Å²) in [5, 5.41) is 2.95. The summed E-state index contributed by atoms with van der Waals surface area (Å²) in [4.78, 5) is 23.4. The molecule has 0 saturated carbocycles. The minimum absolute atomic E-state index is 0.196. The molecule has 5 nitrogen and oxygen atoms in total. The quantitative estimate of drug-likeness (QED) is 0.729. The Bertz CT molecular complexity index is 925. The molecule has 3 aromatic rings. The Morgan fingerprint density at radius 3 is 2.44 bits per heavy atom. The number of amides is 1. The summed E-state index contributed by atoms with van der Waals surface area (Å²) in [6.45, 7) is 5.02. The summed E-state index contributed by atoms with van der Waals surface area (Å²) in [5.74, 6) is 1.11. The molecule has 1 amide bonds. The second-order valence-corrected chi connectivity index (χ2v) is 6.61. The summed E-state index contributed by atoms with van der Waals surface area (Å²) >= 11 is 0. The molecule has 0 aliphatic rings. The number of nitrogens with zero attached hydrogens (tertiary/aromatic N) is 3. The summed E-state index contributed by atoms with van der Waals surface area (Å²) in [7, 11) is 1.96. The maximum atomic E-state index is 12.6. The zero-order chi connectivity index (χ0) is 19.2. The third-order valence-corrected chi connectivity index (χ3v) is 4.41. The number of aryl methyl sites for hydroxylation is 2. The van der Waals surface area contributed by atoms with E-state index in [2.05, 4.69) is 27.4 Å². The summed E-state index contributed by atoms with van der Waals surface area (Å²) < 4.78 is 0. The van der Waals surface area contributed by atoms with E-state index >= 15 is 0 Å². The van der Waals surface area contributed by atoms with E-state index in [0.29, 0.717) is 24.6 Å². The molecular weight excluding hydrogens is 336 g/mol. The number of benzene rings is 2. The van der Waals surface area contributed by atoms with Crippen LogP contribution in [-0.2, 0) is 13.1 Å². The van der Waals surface area contributed by atoms with Crippen molar-refractivity contribution < 1.29 is 4.79 Å². The lowest BCUT2D eigenvalue weighted by molar-refractivity contribution is 0.0945. The lowest BCUT2D eigenvalue weighted by atomic mass is 10.1. The molecule has 0 unspecified atom stereocenters. The van der Waals surface area contributed by atoms with Gasteiger partial charge in [0.05, 0.1) is 0 Å². The van der Waals surface area contributed by atoms with E-state index in [1.54, 1.807) is 13.0 Å². The van der Waals surface area contributed by atoms with Gasteiger partial charge in [0.2, 0.25) is 0 Å². The van der Waals surface area contributed by atoms with Crippen LogP contribution in [0.3, 0.4) is 0 Å². The molecule has 0 aliphatic heterocycles. The van der Waals surface area contributed by atoms with Crippen LogP contribution >= 0.6 is 0 Å². The number of anilines is 1. The molecule has 3 rings (SSSR count). The second kappa shape index (κ2) is 8.45. The van der Waals surface area contributed by atoms with Gasteiger partial charge in [-0.15, -0.1) is 0 Å². The highest BCUT2D eigenvalue weighted by Crippen LogP contribution is 2.15. The first-order chi connectivity index (χ1) is 13.0. The van der Waals surface area contributed by atoms with Crippen molar-refractivity contribution >= 4 is 11.7 Å². The fourth-order valence-electron chi connectivity index (χ4n) is 2.88. The molecule has 0 aliphatic carbocycles. The van der Waals surface area contributed by atoms with Crippen LogP contribution in [0.1, 0.15) is 33.0 Å². The second-order valence-electron chi connectivity index (χ2n) is 6.61. The fourth-order valence-corrected chi connectivity index (χ4v) is 2.88. The average molecular weight is 360 g/mol. The van der Waals surface area contributed by atoms with Crippen LogP contribution in [0.4, 0.5) is 5.82 Å². The smallest absolute Gasteiger partial charge is 0.270 e.